The minimum atomic E-state index is -1.60. The van der Waals surface area contributed by atoms with Crippen LogP contribution in [0.25, 0.3) is 0 Å². The van der Waals surface area contributed by atoms with Crippen molar-refractivity contribution in [2.75, 3.05) is 6.61 Å². The van der Waals surface area contributed by atoms with E-state index in [1.807, 2.05) is 0 Å². The molecular formula is C10H9F2NO3. The number of carbonyl (C=O) groups excluding carboxylic acids is 1. The predicted molar refractivity (Wildman–Crippen MR) is 51.5 cm³/mol. The summed E-state index contributed by atoms with van der Waals surface area (Å²) in [4.78, 5) is 21.7. The van der Waals surface area contributed by atoms with Gasteiger partial charge < -0.3 is 4.74 Å². The molecule has 0 aliphatic carbocycles. The lowest BCUT2D eigenvalue weighted by Gasteiger charge is -2.09. The van der Waals surface area contributed by atoms with Gasteiger partial charge in [-0.05, 0) is 18.2 Å². The molecule has 0 fully saturated rings. The van der Waals surface area contributed by atoms with Crippen molar-refractivity contribution >= 4 is 5.97 Å². The van der Waals surface area contributed by atoms with E-state index in [1.54, 1.807) is 6.92 Å². The highest BCUT2D eigenvalue weighted by Gasteiger charge is 2.26. The molecule has 0 aromatic heterocycles. The van der Waals surface area contributed by atoms with Crippen LogP contribution in [-0.2, 0) is 9.53 Å². The van der Waals surface area contributed by atoms with E-state index in [9.17, 15) is 18.5 Å². The van der Waals surface area contributed by atoms with Crippen LogP contribution in [-0.4, -0.2) is 12.6 Å². The van der Waals surface area contributed by atoms with Gasteiger partial charge in [-0.2, -0.15) is 0 Å². The van der Waals surface area contributed by atoms with Gasteiger partial charge in [0.05, 0.1) is 6.61 Å². The maximum absolute atomic E-state index is 13.2. The largest absolute Gasteiger partial charge is 0.464 e. The summed E-state index contributed by atoms with van der Waals surface area (Å²) in [6, 6.07) is 0.913. The molecule has 0 heterocycles. The highest BCUT2D eigenvalue weighted by Crippen LogP contribution is 2.22. The van der Waals surface area contributed by atoms with Crippen molar-refractivity contribution in [1.29, 1.82) is 0 Å². The van der Waals surface area contributed by atoms with Crippen LogP contribution in [0.2, 0.25) is 0 Å². The molecule has 0 aliphatic rings. The maximum Gasteiger partial charge on any atom is 0.339 e. The first-order chi connectivity index (χ1) is 7.60. The minimum Gasteiger partial charge on any atom is -0.464 e. The Morgan fingerprint density at radius 3 is 2.69 bits per heavy atom. The van der Waals surface area contributed by atoms with Crippen molar-refractivity contribution in [1.82, 2.24) is 0 Å². The van der Waals surface area contributed by atoms with Crippen molar-refractivity contribution in [3.05, 3.63) is 40.3 Å². The summed E-state index contributed by atoms with van der Waals surface area (Å²) in [5.41, 5.74) is -0.296. The van der Waals surface area contributed by atoms with Crippen LogP contribution in [0.4, 0.5) is 8.78 Å². The van der Waals surface area contributed by atoms with Gasteiger partial charge in [-0.25, -0.2) is 13.6 Å². The molecule has 0 bridgehead atoms. The van der Waals surface area contributed by atoms with E-state index < -0.39 is 23.6 Å². The molecule has 0 saturated carbocycles. The molecule has 4 nitrogen and oxygen atoms in total. The van der Waals surface area contributed by atoms with E-state index in [1.165, 1.54) is 0 Å². The molecule has 0 radical (unpaired) electrons. The van der Waals surface area contributed by atoms with Crippen molar-refractivity contribution in [3.8, 4) is 0 Å². The Morgan fingerprint density at radius 1 is 1.50 bits per heavy atom. The first-order valence-corrected chi connectivity index (χ1v) is 4.54. The number of nitrogens with zero attached hydrogens (tertiary/aromatic N) is 1. The second-order valence-electron chi connectivity index (χ2n) is 2.93. The summed E-state index contributed by atoms with van der Waals surface area (Å²) < 4.78 is 30.4. The number of hydrogen-bond acceptors (Lipinski definition) is 4. The molecule has 1 unspecified atom stereocenters. The molecule has 0 amide bonds. The number of ether oxygens (including phenoxy) is 1. The zero-order valence-electron chi connectivity index (χ0n) is 8.44. The monoisotopic (exact) mass is 229 g/mol. The molecule has 1 aromatic rings. The second-order valence-corrected chi connectivity index (χ2v) is 2.93. The van der Waals surface area contributed by atoms with E-state index in [-0.39, 0.29) is 12.2 Å². The van der Waals surface area contributed by atoms with E-state index >= 15 is 0 Å². The first kappa shape index (κ1) is 12.2. The lowest BCUT2D eigenvalue weighted by molar-refractivity contribution is -0.144. The number of benzene rings is 1. The Hall–Kier alpha value is -1.85. The average molecular weight is 229 g/mol. The van der Waals surface area contributed by atoms with E-state index in [2.05, 4.69) is 9.91 Å². The lowest BCUT2D eigenvalue weighted by Crippen LogP contribution is -2.15. The fourth-order valence-electron chi connectivity index (χ4n) is 1.17. The molecule has 1 rings (SSSR count). The summed E-state index contributed by atoms with van der Waals surface area (Å²) in [6.45, 7) is 1.59. The van der Waals surface area contributed by atoms with Crippen LogP contribution in [0, 0.1) is 16.5 Å². The number of carbonyl (C=O) groups is 1. The van der Waals surface area contributed by atoms with Gasteiger partial charge in [-0.1, -0.05) is 6.07 Å². The number of rotatable bonds is 4. The Kier molecular flexibility index (Phi) is 4.04. The van der Waals surface area contributed by atoms with Crippen LogP contribution in [0.3, 0.4) is 0 Å². The summed E-state index contributed by atoms with van der Waals surface area (Å²) in [5, 5.41) is 2.48. The minimum absolute atomic E-state index is 0.0493. The van der Waals surface area contributed by atoms with Gasteiger partial charge in [0.25, 0.3) is 0 Å². The number of nitroso groups, excluding NO2 is 1. The Bertz CT molecular complexity index is 409. The third-order valence-electron chi connectivity index (χ3n) is 1.87. The van der Waals surface area contributed by atoms with Gasteiger partial charge >= 0.3 is 5.97 Å². The number of hydrogen-bond donors (Lipinski definition) is 0. The fraction of sp³-hybridized carbons (Fsp3) is 0.300. The Labute approximate surface area is 90.2 Å². The highest BCUT2D eigenvalue weighted by atomic mass is 19.1. The molecular weight excluding hydrogens is 220 g/mol. The molecule has 0 saturated heterocycles. The zero-order chi connectivity index (χ0) is 12.1. The van der Waals surface area contributed by atoms with E-state index in [0.29, 0.717) is 6.07 Å². The maximum atomic E-state index is 13.2. The summed E-state index contributed by atoms with van der Waals surface area (Å²) in [6.07, 6.45) is 0. The van der Waals surface area contributed by atoms with Crippen molar-refractivity contribution in [2.45, 2.75) is 13.0 Å². The molecule has 1 aromatic carbocycles. The van der Waals surface area contributed by atoms with Gasteiger partial charge in [-0.15, -0.1) is 4.91 Å². The molecule has 6 heteroatoms. The van der Waals surface area contributed by atoms with Gasteiger partial charge in [-0.3, -0.25) is 0 Å². The third kappa shape index (κ3) is 2.59. The average Bonchev–Trinajstić information content (AvgIpc) is 2.22. The van der Waals surface area contributed by atoms with Gasteiger partial charge in [0.1, 0.15) is 11.6 Å². The standard InChI is InChI=1S/C10H9F2NO3/c1-2-16-10(14)9(13-15)7-4-3-6(11)5-8(7)12/h3-5,9H,2H2,1H3. The normalized spacial score (nSPS) is 11.9. The molecule has 0 N–H and O–H groups in total. The smallest absolute Gasteiger partial charge is 0.339 e. The summed E-state index contributed by atoms with van der Waals surface area (Å²) in [7, 11) is 0. The Balaban J connectivity index is 3.04. The van der Waals surface area contributed by atoms with E-state index in [4.69, 9.17) is 0 Å². The number of halogens is 2. The van der Waals surface area contributed by atoms with Crippen molar-refractivity contribution in [3.63, 3.8) is 0 Å². The summed E-state index contributed by atoms with van der Waals surface area (Å²) >= 11 is 0. The molecule has 0 aliphatic heterocycles. The molecule has 0 spiro atoms. The Morgan fingerprint density at radius 2 is 2.19 bits per heavy atom. The topological polar surface area (TPSA) is 55.7 Å². The molecule has 16 heavy (non-hydrogen) atoms. The van der Waals surface area contributed by atoms with E-state index in [0.717, 1.165) is 12.1 Å². The van der Waals surface area contributed by atoms with Crippen LogP contribution < -0.4 is 0 Å². The third-order valence-corrected chi connectivity index (χ3v) is 1.87. The van der Waals surface area contributed by atoms with Crippen LogP contribution >= 0.6 is 0 Å². The van der Waals surface area contributed by atoms with Gasteiger partial charge in [0, 0.05) is 11.6 Å². The predicted octanol–water partition coefficient (Wildman–Crippen LogP) is 2.34. The number of esters is 1. The lowest BCUT2D eigenvalue weighted by atomic mass is 10.1. The van der Waals surface area contributed by atoms with Crippen molar-refractivity contribution in [2.24, 2.45) is 5.18 Å². The second kappa shape index (κ2) is 5.29. The van der Waals surface area contributed by atoms with Gasteiger partial charge in [0.15, 0.2) is 0 Å². The highest BCUT2D eigenvalue weighted by molar-refractivity contribution is 5.77. The first-order valence-electron chi connectivity index (χ1n) is 4.54. The zero-order valence-corrected chi connectivity index (χ0v) is 8.44. The molecule has 1 atom stereocenters. The van der Waals surface area contributed by atoms with Crippen LogP contribution in [0.1, 0.15) is 18.5 Å². The van der Waals surface area contributed by atoms with Gasteiger partial charge in [0.2, 0.25) is 6.04 Å². The van der Waals surface area contributed by atoms with Crippen molar-refractivity contribution < 1.29 is 18.3 Å². The fourth-order valence-corrected chi connectivity index (χ4v) is 1.17. The quantitative estimate of drug-likeness (QED) is 0.588. The van der Waals surface area contributed by atoms with Crippen LogP contribution in [0.5, 0.6) is 0 Å². The molecule has 86 valence electrons. The SMILES string of the molecule is CCOC(=O)C(N=O)c1ccc(F)cc1F. The summed E-state index contributed by atoms with van der Waals surface area (Å²) in [5.74, 6) is -2.75. The van der Waals surface area contributed by atoms with Crippen LogP contribution in [0.15, 0.2) is 23.4 Å².